The van der Waals surface area contributed by atoms with Crippen LogP contribution < -0.4 is 0 Å². The fourth-order valence-electron chi connectivity index (χ4n) is 1.98. The molecule has 0 amide bonds. The van der Waals surface area contributed by atoms with Gasteiger partial charge in [0.25, 0.3) is 0 Å². The number of carbonyl (C=O) groups is 2. The van der Waals surface area contributed by atoms with Gasteiger partial charge in [0.2, 0.25) is 0 Å². The number of hydrogen-bond donors (Lipinski definition) is 0. The standard InChI is InChI=1S/C21H25NO4S4/c1-16(2)19(24)26-12-14-29-28-13-11-25-18(23)9-10-21(3,15-22)30-20(27)17-7-5-4-6-8-17/h4-8H,1,9-14H2,2-3H3. The predicted octanol–water partition coefficient (Wildman–Crippen LogP) is 5.20. The molecule has 0 bridgehead atoms. The minimum Gasteiger partial charge on any atom is -0.465 e. The Kier molecular flexibility index (Phi) is 12.9. The molecule has 1 aromatic carbocycles. The summed E-state index contributed by atoms with van der Waals surface area (Å²) >= 11 is 6.73. The molecular formula is C21H25NO4S4. The van der Waals surface area contributed by atoms with Crippen LogP contribution in [0.25, 0.3) is 0 Å². The first kappa shape index (κ1) is 26.6. The molecule has 0 saturated heterocycles. The van der Waals surface area contributed by atoms with E-state index in [0.29, 0.717) is 40.9 Å². The summed E-state index contributed by atoms with van der Waals surface area (Å²) in [6.07, 6.45) is 0.513. The predicted molar refractivity (Wildman–Crippen MR) is 131 cm³/mol. The van der Waals surface area contributed by atoms with E-state index in [0.717, 1.165) is 5.56 Å². The maximum absolute atomic E-state index is 12.0. The number of benzene rings is 1. The second-order valence-electron chi connectivity index (χ2n) is 6.38. The van der Waals surface area contributed by atoms with Gasteiger partial charge < -0.3 is 9.47 Å². The third-order valence-electron chi connectivity index (χ3n) is 3.63. The minimum absolute atomic E-state index is 0.156. The van der Waals surface area contributed by atoms with Crippen LogP contribution in [0, 0.1) is 11.3 Å². The van der Waals surface area contributed by atoms with E-state index in [1.54, 1.807) is 35.4 Å². The van der Waals surface area contributed by atoms with Crippen LogP contribution >= 0.6 is 45.6 Å². The zero-order valence-corrected chi connectivity index (χ0v) is 20.3. The van der Waals surface area contributed by atoms with Gasteiger partial charge in [-0.3, -0.25) is 4.79 Å². The third-order valence-corrected chi connectivity index (χ3v) is 7.62. The summed E-state index contributed by atoms with van der Waals surface area (Å²) in [5.74, 6) is 0.564. The van der Waals surface area contributed by atoms with E-state index in [-0.39, 0.29) is 18.4 Å². The number of carbonyl (C=O) groups excluding carboxylic acids is 2. The average molecular weight is 484 g/mol. The molecule has 0 heterocycles. The van der Waals surface area contributed by atoms with Crippen LogP contribution in [-0.2, 0) is 19.1 Å². The molecule has 0 N–H and O–H groups in total. The molecule has 1 aromatic rings. The van der Waals surface area contributed by atoms with Crippen molar-refractivity contribution in [3.05, 3.63) is 48.0 Å². The van der Waals surface area contributed by atoms with Gasteiger partial charge in [-0.05, 0) is 25.8 Å². The summed E-state index contributed by atoms with van der Waals surface area (Å²) in [6.45, 7) is 7.51. The first-order chi connectivity index (χ1) is 14.3. The van der Waals surface area contributed by atoms with E-state index in [9.17, 15) is 14.9 Å². The Hall–Kier alpha value is -1.47. The van der Waals surface area contributed by atoms with Crippen LogP contribution in [0.1, 0.15) is 32.3 Å². The van der Waals surface area contributed by atoms with Gasteiger partial charge in [0.15, 0.2) is 0 Å². The maximum Gasteiger partial charge on any atom is 0.333 e. The molecule has 0 aliphatic rings. The van der Waals surface area contributed by atoms with Crippen LogP contribution in [0.5, 0.6) is 0 Å². The summed E-state index contributed by atoms with van der Waals surface area (Å²) < 4.78 is 10.0. The van der Waals surface area contributed by atoms with Crippen molar-refractivity contribution >= 4 is 61.7 Å². The Balaban J connectivity index is 2.20. The van der Waals surface area contributed by atoms with Gasteiger partial charge in [-0.1, -0.05) is 82.5 Å². The largest absolute Gasteiger partial charge is 0.465 e. The van der Waals surface area contributed by atoms with Gasteiger partial charge in [-0.25, -0.2) is 4.79 Å². The zero-order valence-electron chi connectivity index (χ0n) is 17.0. The van der Waals surface area contributed by atoms with Gasteiger partial charge in [0.05, 0.1) is 10.3 Å². The van der Waals surface area contributed by atoms with E-state index >= 15 is 0 Å². The lowest BCUT2D eigenvalue weighted by Gasteiger charge is -2.20. The van der Waals surface area contributed by atoms with Crippen molar-refractivity contribution in [1.29, 1.82) is 5.26 Å². The van der Waals surface area contributed by atoms with Crippen molar-refractivity contribution in [2.45, 2.75) is 31.4 Å². The van der Waals surface area contributed by atoms with Gasteiger partial charge in [0.1, 0.15) is 18.0 Å². The molecular weight excluding hydrogens is 459 g/mol. The highest BCUT2D eigenvalue weighted by atomic mass is 33.1. The summed E-state index contributed by atoms with van der Waals surface area (Å²) in [7, 11) is 3.08. The normalized spacial score (nSPS) is 12.3. The van der Waals surface area contributed by atoms with Crippen molar-refractivity contribution in [3.63, 3.8) is 0 Å². The molecule has 0 aliphatic carbocycles. The van der Waals surface area contributed by atoms with Gasteiger partial charge in [-0.2, -0.15) is 5.26 Å². The SMILES string of the molecule is C=C(C)C(=O)OCCSSCCOC(=O)CCC(C)(C#N)SC(=S)c1ccccc1. The van der Waals surface area contributed by atoms with E-state index < -0.39 is 4.75 Å². The fourth-order valence-corrected chi connectivity index (χ4v) is 5.23. The van der Waals surface area contributed by atoms with Crippen molar-refractivity contribution in [3.8, 4) is 6.07 Å². The zero-order chi connectivity index (χ0) is 22.4. The Bertz CT molecular complexity index is 779. The first-order valence-corrected chi connectivity index (χ1v) is 12.9. The number of rotatable bonds is 13. The highest BCUT2D eigenvalue weighted by Gasteiger charge is 2.28. The number of nitriles is 1. The summed E-state index contributed by atoms with van der Waals surface area (Å²) in [6, 6.07) is 11.8. The number of esters is 2. The summed E-state index contributed by atoms with van der Waals surface area (Å²) in [4.78, 5) is 23.2. The van der Waals surface area contributed by atoms with E-state index in [4.69, 9.17) is 21.7 Å². The van der Waals surface area contributed by atoms with Crippen molar-refractivity contribution in [2.75, 3.05) is 24.7 Å². The number of nitrogens with zero attached hydrogens (tertiary/aromatic N) is 1. The Labute approximate surface area is 195 Å². The average Bonchev–Trinajstić information content (AvgIpc) is 2.74. The molecule has 0 fully saturated rings. The van der Waals surface area contributed by atoms with Gasteiger partial charge in [0, 0.05) is 23.5 Å². The molecule has 30 heavy (non-hydrogen) atoms. The molecule has 162 valence electrons. The van der Waals surface area contributed by atoms with Crippen LogP contribution in [0.3, 0.4) is 0 Å². The van der Waals surface area contributed by atoms with Crippen molar-refractivity contribution < 1.29 is 19.1 Å². The van der Waals surface area contributed by atoms with Crippen LogP contribution in [0.15, 0.2) is 42.5 Å². The Morgan fingerprint density at radius 2 is 1.77 bits per heavy atom. The van der Waals surface area contributed by atoms with Gasteiger partial charge in [-0.15, -0.1) is 0 Å². The lowest BCUT2D eigenvalue weighted by atomic mass is 10.1. The molecule has 1 rings (SSSR count). The second-order valence-corrected chi connectivity index (χ2v) is 11.3. The fraction of sp³-hybridized carbons (Fsp3) is 0.429. The summed E-state index contributed by atoms with van der Waals surface area (Å²) in [5, 5.41) is 9.55. The molecule has 0 aliphatic heterocycles. The molecule has 1 unspecified atom stereocenters. The number of thiocarbonyl (C=S) groups is 1. The third kappa shape index (κ3) is 11.1. The Morgan fingerprint density at radius 1 is 1.17 bits per heavy atom. The Morgan fingerprint density at radius 3 is 2.33 bits per heavy atom. The number of ether oxygens (including phenoxy) is 2. The van der Waals surface area contributed by atoms with E-state index in [1.165, 1.54) is 11.8 Å². The summed E-state index contributed by atoms with van der Waals surface area (Å²) in [5.41, 5.74) is 1.28. The highest BCUT2D eigenvalue weighted by Crippen LogP contribution is 2.33. The lowest BCUT2D eigenvalue weighted by molar-refractivity contribution is -0.143. The van der Waals surface area contributed by atoms with Crippen molar-refractivity contribution in [1.82, 2.24) is 0 Å². The van der Waals surface area contributed by atoms with Crippen LogP contribution in [-0.4, -0.2) is 45.6 Å². The van der Waals surface area contributed by atoms with Crippen LogP contribution in [0.4, 0.5) is 0 Å². The molecule has 1 atom stereocenters. The number of thioether (sulfide) groups is 1. The molecule has 9 heteroatoms. The minimum atomic E-state index is -0.794. The molecule has 0 saturated carbocycles. The molecule has 5 nitrogen and oxygen atoms in total. The molecule has 0 radical (unpaired) electrons. The maximum atomic E-state index is 12.0. The lowest BCUT2D eigenvalue weighted by Crippen LogP contribution is -2.22. The smallest absolute Gasteiger partial charge is 0.333 e. The molecule has 0 spiro atoms. The quantitative estimate of drug-likeness (QED) is 0.124. The topological polar surface area (TPSA) is 76.4 Å². The van der Waals surface area contributed by atoms with Crippen LogP contribution in [0.2, 0.25) is 0 Å². The first-order valence-electron chi connectivity index (χ1n) is 9.20. The van der Waals surface area contributed by atoms with Crippen molar-refractivity contribution in [2.24, 2.45) is 0 Å². The monoisotopic (exact) mass is 483 g/mol. The number of hydrogen-bond acceptors (Lipinski definition) is 9. The van der Waals surface area contributed by atoms with Gasteiger partial charge >= 0.3 is 11.9 Å². The molecule has 0 aromatic heterocycles. The van der Waals surface area contributed by atoms with E-state index in [1.807, 2.05) is 30.3 Å². The second kappa shape index (κ2) is 14.5. The highest BCUT2D eigenvalue weighted by molar-refractivity contribution is 8.76. The van der Waals surface area contributed by atoms with E-state index in [2.05, 4.69) is 12.6 Å².